The van der Waals surface area contributed by atoms with Gasteiger partial charge in [0.2, 0.25) is 0 Å². The second kappa shape index (κ2) is 8.00. The molecule has 0 fully saturated rings. The summed E-state index contributed by atoms with van der Waals surface area (Å²) in [7, 11) is 0. The average molecular weight is 424 g/mol. The average Bonchev–Trinajstić information content (AvgIpc) is 2.89. The van der Waals surface area contributed by atoms with Gasteiger partial charge >= 0.3 is 0 Å². The molecule has 0 saturated heterocycles. The molecular weight excluding hydrogens is 411 g/mol. The van der Waals surface area contributed by atoms with E-state index in [0.29, 0.717) is 16.3 Å². The molecule has 0 unspecified atom stereocenters. The van der Waals surface area contributed by atoms with Crippen LogP contribution in [-0.2, 0) is 0 Å². The van der Waals surface area contributed by atoms with Crippen LogP contribution in [0.2, 0.25) is 15.1 Å². The molecule has 0 atom stereocenters. The normalized spacial score (nSPS) is 11.1. The molecule has 0 spiro atoms. The molecule has 0 aliphatic rings. The van der Waals surface area contributed by atoms with E-state index in [4.69, 9.17) is 34.8 Å². The molecule has 138 valence electrons. The van der Waals surface area contributed by atoms with Crippen LogP contribution < -0.4 is 11.0 Å². The first-order valence-corrected chi connectivity index (χ1v) is 8.87. The Bertz CT molecular complexity index is 1060. The van der Waals surface area contributed by atoms with Crippen LogP contribution in [0.3, 0.4) is 0 Å². The molecule has 6 nitrogen and oxygen atoms in total. The number of nitrogens with zero attached hydrogens (tertiary/aromatic N) is 2. The van der Waals surface area contributed by atoms with Crippen LogP contribution in [0.1, 0.15) is 21.6 Å². The fraction of sp³-hybridized carbons (Fsp3) is 0.0556. The van der Waals surface area contributed by atoms with Crippen molar-refractivity contribution in [2.45, 2.75) is 6.92 Å². The van der Waals surface area contributed by atoms with Crippen molar-refractivity contribution < 1.29 is 4.79 Å². The van der Waals surface area contributed by atoms with Gasteiger partial charge in [-0.1, -0.05) is 53.0 Å². The lowest BCUT2D eigenvalue weighted by Crippen LogP contribution is -2.20. The number of hydrazone groups is 1. The predicted molar refractivity (Wildman–Crippen MR) is 108 cm³/mol. The lowest BCUT2D eigenvalue weighted by Gasteiger charge is -2.07. The van der Waals surface area contributed by atoms with Gasteiger partial charge in [-0.3, -0.25) is 14.7 Å². The van der Waals surface area contributed by atoms with Crippen molar-refractivity contribution in [2.75, 3.05) is 0 Å². The van der Waals surface area contributed by atoms with Crippen molar-refractivity contribution >= 4 is 46.9 Å². The molecule has 9 heteroatoms. The van der Waals surface area contributed by atoms with E-state index in [-0.39, 0.29) is 27.2 Å². The topological polar surface area (TPSA) is 79.2 Å². The molecule has 2 aromatic carbocycles. The minimum absolute atomic E-state index is 0.219. The standard InChI is InChI=1S/C18H13Cl3N4O2/c1-10-13(9-22-23-17(26)11-5-3-2-4-6-11)18(27)25(24-10)16-14(20)7-12(19)8-15(16)21/h2-9,24H,1H3,(H,23,26)/b22-9+. The Labute approximate surface area is 169 Å². The number of aryl methyl sites for hydroxylation is 1. The van der Waals surface area contributed by atoms with Crippen LogP contribution in [-0.4, -0.2) is 21.9 Å². The number of aromatic amines is 1. The van der Waals surface area contributed by atoms with Crippen LogP contribution in [0.25, 0.3) is 5.69 Å². The highest BCUT2D eigenvalue weighted by atomic mass is 35.5. The minimum atomic E-state index is -0.420. The van der Waals surface area contributed by atoms with Crippen molar-refractivity contribution in [1.82, 2.24) is 15.2 Å². The zero-order valence-corrected chi connectivity index (χ0v) is 16.2. The molecule has 0 radical (unpaired) electrons. The summed E-state index contributed by atoms with van der Waals surface area (Å²) >= 11 is 18.3. The summed E-state index contributed by atoms with van der Waals surface area (Å²) in [5.41, 5.74) is 3.48. The smallest absolute Gasteiger partial charge is 0.280 e. The molecule has 0 saturated carbocycles. The molecule has 3 rings (SSSR count). The number of rotatable bonds is 4. The highest BCUT2D eigenvalue weighted by Gasteiger charge is 2.16. The van der Waals surface area contributed by atoms with E-state index < -0.39 is 5.56 Å². The fourth-order valence-corrected chi connectivity index (χ4v) is 3.41. The summed E-state index contributed by atoms with van der Waals surface area (Å²) in [5, 5.41) is 7.54. The monoisotopic (exact) mass is 422 g/mol. The van der Waals surface area contributed by atoms with Gasteiger partial charge in [0.25, 0.3) is 11.5 Å². The van der Waals surface area contributed by atoms with E-state index in [1.54, 1.807) is 37.3 Å². The molecule has 1 aromatic heterocycles. The van der Waals surface area contributed by atoms with Crippen LogP contribution in [0.15, 0.2) is 52.4 Å². The van der Waals surface area contributed by atoms with Gasteiger partial charge in [0, 0.05) is 16.3 Å². The molecule has 0 bridgehead atoms. The summed E-state index contributed by atoms with van der Waals surface area (Å²) in [5.74, 6) is -0.385. The van der Waals surface area contributed by atoms with E-state index in [2.05, 4.69) is 15.6 Å². The second-order valence-corrected chi connectivity index (χ2v) is 6.83. The molecule has 27 heavy (non-hydrogen) atoms. The highest BCUT2D eigenvalue weighted by molar-refractivity contribution is 6.40. The maximum Gasteiger partial charge on any atom is 0.280 e. The Kier molecular flexibility index (Phi) is 5.70. The van der Waals surface area contributed by atoms with Crippen molar-refractivity contribution in [3.63, 3.8) is 0 Å². The maximum absolute atomic E-state index is 12.7. The number of carbonyl (C=O) groups is 1. The lowest BCUT2D eigenvalue weighted by molar-refractivity contribution is 0.0955. The zero-order valence-electron chi connectivity index (χ0n) is 14.0. The van der Waals surface area contributed by atoms with Crippen molar-refractivity contribution in [3.8, 4) is 5.69 Å². The summed E-state index contributed by atoms with van der Waals surface area (Å²) < 4.78 is 1.21. The maximum atomic E-state index is 12.7. The minimum Gasteiger partial charge on any atom is -0.295 e. The number of H-pyrrole nitrogens is 1. The third kappa shape index (κ3) is 4.08. The van der Waals surface area contributed by atoms with Crippen LogP contribution in [0.5, 0.6) is 0 Å². The summed E-state index contributed by atoms with van der Waals surface area (Å²) in [6.45, 7) is 1.69. The van der Waals surface area contributed by atoms with Crippen molar-refractivity contribution in [1.29, 1.82) is 0 Å². The first-order valence-electron chi connectivity index (χ1n) is 7.73. The van der Waals surface area contributed by atoms with Crippen molar-refractivity contribution in [3.05, 3.63) is 84.7 Å². The summed E-state index contributed by atoms with van der Waals surface area (Å²) in [6, 6.07) is 11.6. The first kappa shape index (κ1) is 19.2. The van der Waals surface area contributed by atoms with Crippen molar-refractivity contribution in [2.24, 2.45) is 5.10 Å². The number of aromatic nitrogens is 2. The quantitative estimate of drug-likeness (QED) is 0.487. The Hall–Kier alpha value is -2.54. The highest BCUT2D eigenvalue weighted by Crippen LogP contribution is 2.31. The summed E-state index contributed by atoms with van der Waals surface area (Å²) in [6.07, 6.45) is 1.27. The van der Waals surface area contributed by atoms with Gasteiger partial charge in [0.15, 0.2) is 0 Å². The van der Waals surface area contributed by atoms with Crippen LogP contribution >= 0.6 is 34.8 Å². The first-order chi connectivity index (χ1) is 12.9. The Morgan fingerprint density at radius 1 is 1.15 bits per heavy atom. The Morgan fingerprint density at radius 3 is 2.41 bits per heavy atom. The Morgan fingerprint density at radius 2 is 1.78 bits per heavy atom. The third-order valence-electron chi connectivity index (χ3n) is 3.72. The molecular formula is C18H13Cl3N4O2. The molecule has 1 amide bonds. The van der Waals surface area contributed by atoms with E-state index in [1.807, 2.05) is 0 Å². The van der Waals surface area contributed by atoms with E-state index >= 15 is 0 Å². The second-order valence-electron chi connectivity index (χ2n) is 5.57. The SMILES string of the molecule is Cc1[nH]n(-c2c(Cl)cc(Cl)cc2Cl)c(=O)c1/C=N/NC(=O)c1ccccc1. The Balaban J connectivity index is 1.89. The van der Waals surface area contributed by atoms with Crippen LogP contribution in [0.4, 0.5) is 0 Å². The molecule has 0 aliphatic heterocycles. The van der Waals surface area contributed by atoms with Gasteiger partial charge in [-0.05, 0) is 31.2 Å². The van der Waals surface area contributed by atoms with Gasteiger partial charge in [-0.2, -0.15) is 5.10 Å². The number of benzene rings is 2. The van der Waals surface area contributed by atoms with E-state index in [1.165, 1.54) is 23.0 Å². The van der Waals surface area contributed by atoms with Gasteiger partial charge in [-0.15, -0.1) is 0 Å². The molecule has 0 aliphatic carbocycles. The fourth-order valence-electron chi connectivity index (χ4n) is 2.43. The van der Waals surface area contributed by atoms with Gasteiger partial charge < -0.3 is 0 Å². The van der Waals surface area contributed by atoms with Crippen LogP contribution in [0, 0.1) is 6.92 Å². The third-order valence-corrected chi connectivity index (χ3v) is 4.51. The van der Waals surface area contributed by atoms with Gasteiger partial charge in [0.05, 0.1) is 21.8 Å². The lowest BCUT2D eigenvalue weighted by atomic mass is 10.2. The molecule has 3 aromatic rings. The zero-order chi connectivity index (χ0) is 19.6. The number of carbonyl (C=O) groups excluding carboxylic acids is 1. The van der Waals surface area contributed by atoms with Gasteiger partial charge in [0.1, 0.15) is 5.69 Å². The molecule has 1 heterocycles. The number of hydrogen-bond donors (Lipinski definition) is 2. The van der Waals surface area contributed by atoms with E-state index in [0.717, 1.165) is 0 Å². The predicted octanol–water partition coefficient (Wildman–Crippen LogP) is 4.20. The number of amides is 1. The number of hydrogen-bond acceptors (Lipinski definition) is 3. The number of halogens is 3. The number of nitrogens with one attached hydrogen (secondary N) is 2. The molecule has 2 N–H and O–H groups in total. The van der Waals surface area contributed by atoms with E-state index in [9.17, 15) is 9.59 Å². The summed E-state index contributed by atoms with van der Waals surface area (Å²) in [4.78, 5) is 24.7. The largest absolute Gasteiger partial charge is 0.295 e. The van der Waals surface area contributed by atoms with Gasteiger partial charge in [-0.25, -0.2) is 10.1 Å².